The first kappa shape index (κ1) is 14.8. The minimum Gasteiger partial charge on any atom is -0.507 e. The fourth-order valence-corrected chi connectivity index (χ4v) is 2.08. The molecule has 0 spiro atoms. The minimum atomic E-state index is -0.232. The highest BCUT2D eigenvalue weighted by molar-refractivity contribution is 6.17. The zero-order chi connectivity index (χ0) is 13.5. The second-order valence-corrected chi connectivity index (χ2v) is 4.86. The van der Waals surface area contributed by atoms with Crippen molar-refractivity contribution in [2.45, 2.75) is 26.7 Å². The van der Waals surface area contributed by atoms with Crippen LogP contribution >= 0.6 is 11.6 Å². The standard InChI is InChI=1S/C14H20ClNO2/c1-3-11(6-7-15)9-16-14(18)12-8-10(2)4-5-13(12)17/h4-5,8,11,17H,3,6-7,9H2,1-2H3,(H,16,18). The monoisotopic (exact) mass is 269 g/mol. The van der Waals surface area contributed by atoms with Gasteiger partial charge in [-0.05, 0) is 31.4 Å². The Morgan fingerprint density at radius 2 is 2.22 bits per heavy atom. The van der Waals surface area contributed by atoms with E-state index in [4.69, 9.17) is 11.6 Å². The van der Waals surface area contributed by atoms with Crippen LogP contribution in [0.15, 0.2) is 18.2 Å². The number of hydrogen-bond donors (Lipinski definition) is 2. The van der Waals surface area contributed by atoms with Gasteiger partial charge in [0.1, 0.15) is 5.75 Å². The van der Waals surface area contributed by atoms with Gasteiger partial charge in [0.15, 0.2) is 0 Å². The van der Waals surface area contributed by atoms with Gasteiger partial charge in [0.2, 0.25) is 0 Å². The van der Waals surface area contributed by atoms with Crippen LogP contribution < -0.4 is 5.32 Å². The SMILES string of the molecule is CCC(CCCl)CNC(=O)c1cc(C)ccc1O. The number of amides is 1. The third-order valence-corrected chi connectivity index (χ3v) is 3.26. The molecule has 0 bridgehead atoms. The zero-order valence-corrected chi connectivity index (χ0v) is 11.6. The van der Waals surface area contributed by atoms with Crippen LogP contribution in [-0.4, -0.2) is 23.4 Å². The van der Waals surface area contributed by atoms with Crippen LogP contribution in [0.2, 0.25) is 0 Å². The minimum absolute atomic E-state index is 0.0171. The third-order valence-electron chi connectivity index (χ3n) is 3.04. The highest BCUT2D eigenvalue weighted by Crippen LogP contribution is 2.18. The van der Waals surface area contributed by atoms with Crippen molar-refractivity contribution >= 4 is 17.5 Å². The van der Waals surface area contributed by atoms with Gasteiger partial charge < -0.3 is 10.4 Å². The molecule has 3 nitrogen and oxygen atoms in total. The van der Waals surface area contributed by atoms with E-state index in [1.165, 1.54) is 0 Å². The second-order valence-electron chi connectivity index (χ2n) is 4.48. The number of aryl methyl sites for hydroxylation is 1. The number of nitrogens with one attached hydrogen (secondary N) is 1. The number of alkyl halides is 1. The molecule has 1 aromatic rings. The van der Waals surface area contributed by atoms with E-state index < -0.39 is 0 Å². The lowest BCUT2D eigenvalue weighted by atomic mass is 10.0. The summed E-state index contributed by atoms with van der Waals surface area (Å²) in [4.78, 5) is 11.9. The maximum atomic E-state index is 11.9. The van der Waals surface area contributed by atoms with Gasteiger partial charge in [-0.15, -0.1) is 11.6 Å². The van der Waals surface area contributed by atoms with E-state index in [0.29, 0.717) is 23.9 Å². The molecule has 1 unspecified atom stereocenters. The number of phenols is 1. The van der Waals surface area contributed by atoms with Crippen molar-refractivity contribution in [2.24, 2.45) is 5.92 Å². The molecule has 0 aromatic heterocycles. The summed E-state index contributed by atoms with van der Waals surface area (Å²) in [7, 11) is 0. The van der Waals surface area contributed by atoms with Crippen molar-refractivity contribution in [3.05, 3.63) is 29.3 Å². The van der Waals surface area contributed by atoms with Crippen molar-refractivity contribution in [1.29, 1.82) is 0 Å². The normalized spacial score (nSPS) is 12.2. The van der Waals surface area contributed by atoms with Crippen LogP contribution in [0.4, 0.5) is 0 Å². The van der Waals surface area contributed by atoms with Crippen molar-refractivity contribution in [1.82, 2.24) is 5.32 Å². The molecule has 1 amide bonds. The Balaban J connectivity index is 2.62. The molecule has 100 valence electrons. The number of benzene rings is 1. The van der Waals surface area contributed by atoms with E-state index in [9.17, 15) is 9.90 Å². The molecule has 0 aliphatic rings. The van der Waals surface area contributed by atoms with E-state index in [0.717, 1.165) is 18.4 Å². The Morgan fingerprint density at radius 1 is 1.50 bits per heavy atom. The molecule has 18 heavy (non-hydrogen) atoms. The molecule has 1 rings (SSSR count). The summed E-state index contributed by atoms with van der Waals surface area (Å²) in [6.07, 6.45) is 1.87. The van der Waals surface area contributed by atoms with Crippen LogP contribution in [0.3, 0.4) is 0 Å². The Labute approximate surface area is 113 Å². The van der Waals surface area contributed by atoms with Gasteiger partial charge in [0.25, 0.3) is 5.91 Å². The molecular weight excluding hydrogens is 250 g/mol. The smallest absolute Gasteiger partial charge is 0.255 e. The number of hydrogen-bond acceptors (Lipinski definition) is 2. The first-order valence-corrected chi connectivity index (χ1v) is 6.75. The van der Waals surface area contributed by atoms with E-state index in [2.05, 4.69) is 12.2 Å². The van der Waals surface area contributed by atoms with Crippen molar-refractivity contribution in [2.75, 3.05) is 12.4 Å². The highest BCUT2D eigenvalue weighted by Gasteiger charge is 2.13. The molecule has 1 aromatic carbocycles. The van der Waals surface area contributed by atoms with Gasteiger partial charge in [-0.3, -0.25) is 4.79 Å². The fourth-order valence-electron chi connectivity index (χ4n) is 1.77. The number of halogens is 1. The average molecular weight is 270 g/mol. The van der Waals surface area contributed by atoms with Gasteiger partial charge >= 0.3 is 0 Å². The summed E-state index contributed by atoms with van der Waals surface area (Å²) in [6.45, 7) is 4.56. The summed E-state index contributed by atoms with van der Waals surface area (Å²) in [5, 5.41) is 12.5. The number of rotatable bonds is 6. The molecule has 1 atom stereocenters. The zero-order valence-electron chi connectivity index (χ0n) is 10.9. The van der Waals surface area contributed by atoms with E-state index in [1.807, 2.05) is 6.92 Å². The third kappa shape index (κ3) is 4.22. The van der Waals surface area contributed by atoms with Gasteiger partial charge in [0, 0.05) is 12.4 Å². The lowest BCUT2D eigenvalue weighted by Gasteiger charge is -2.14. The first-order chi connectivity index (χ1) is 8.58. The maximum Gasteiger partial charge on any atom is 0.255 e. The van der Waals surface area contributed by atoms with Crippen molar-refractivity contribution < 1.29 is 9.90 Å². The number of phenolic OH excluding ortho intramolecular Hbond substituents is 1. The fraction of sp³-hybridized carbons (Fsp3) is 0.500. The van der Waals surface area contributed by atoms with Gasteiger partial charge in [0.05, 0.1) is 5.56 Å². The predicted octanol–water partition coefficient (Wildman–Crippen LogP) is 3.09. The molecule has 0 heterocycles. The molecular formula is C14H20ClNO2. The highest BCUT2D eigenvalue weighted by atomic mass is 35.5. The molecule has 0 radical (unpaired) electrons. The van der Waals surface area contributed by atoms with Gasteiger partial charge in [-0.1, -0.05) is 25.0 Å². The Bertz CT molecular complexity index is 407. The average Bonchev–Trinajstić information content (AvgIpc) is 2.37. The molecule has 2 N–H and O–H groups in total. The first-order valence-electron chi connectivity index (χ1n) is 6.22. The lowest BCUT2D eigenvalue weighted by Crippen LogP contribution is -2.29. The van der Waals surface area contributed by atoms with Gasteiger partial charge in [-0.2, -0.15) is 0 Å². The summed E-state index contributed by atoms with van der Waals surface area (Å²) >= 11 is 5.70. The van der Waals surface area contributed by atoms with Crippen LogP contribution in [0.25, 0.3) is 0 Å². The summed E-state index contributed by atoms with van der Waals surface area (Å²) < 4.78 is 0. The Kier molecular flexibility index (Phi) is 5.99. The van der Waals surface area contributed by atoms with E-state index in [-0.39, 0.29) is 11.7 Å². The molecule has 0 saturated carbocycles. The lowest BCUT2D eigenvalue weighted by molar-refractivity contribution is 0.0943. The maximum absolute atomic E-state index is 11.9. The summed E-state index contributed by atoms with van der Waals surface area (Å²) in [5.74, 6) is 0.774. The number of carbonyl (C=O) groups excluding carboxylic acids is 1. The second kappa shape index (κ2) is 7.27. The summed E-state index contributed by atoms with van der Waals surface area (Å²) in [6, 6.07) is 5.00. The van der Waals surface area contributed by atoms with Crippen molar-refractivity contribution in [3.63, 3.8) is 0 Å². The molecule has 0 aliphatic carbocycles. The topological polar surface area (TPSA) is 49.3 Å². The van der Waals surface area contributed by atoms with Crippen molar-refractivity contribution in [3.8, 4) is 5.75 Å². The van der Waals surface area contributed by atoms with E-state index in [1.54, 1.807) is 18.2 Å². The van der Waals surface area contributed by atoms with Crippen LogP contribution in [0, 0.1) is 12.8 Å². The number of carbonyl (C=O) groups is 1. The predicted molar refractivity (Wildman–Crippen MR) is 74.3 cm³/mol. The van der Waals surface area contributed by atoms with Gasteiger partial charge in [-0.25, -0.2) is 0 Å². The number of aromatic hydroxyl groups is 1. The van der Waals surface area contributed by atoms with Crippen LogP contribution in [0.5, 0.6) is 5.75 Å². The largest absolute Gasteiger partial charge is 0.507 e. The summed E-state index contributed by atoms with van der Waals surface area (Å²) in [5.41, 5.74) is 1.28. The van der Waals surface area contributed by atoms with E-state index >= 15 is 0 Å². The Morgan fingerprint density at radius 3 is 2.83 bits per heavy atom. The van der Waals surface area contributed by atoms with Crippen LogP contribution in [-0.2, 0) is 0 Å². The quantitative estimate of drug-likeness (QED) is 0.780. The molecule has 4 heteroatoms. The molecule has 0 saturated heterocycles. The molecule has 0 aliphatic heterocycles. The van der Waals surface area contributed by atoms with Crippen LogP contribution in [0.1, 0.15) is 35.7 Å². The molecule has 0 fully saturated rings. The Hall–Kier alpha value is -1.22.